The smallest absolute Gasteiger partial charge is 0.243 e. The van der Waals surface area contributed by atoms with E-state index in [1.54, 1.807) is 24.3 Å². The largest absolute Gasteiger partial charge is 0.379 e. The molecule has 34 heavy (non-hydrogen) atoms. The standard InChI is InChI=1S/C26H33FN2O4S/c27-23-9-7-22(8-10-23)26(14-2-1-3-15-26)20-28-25(30)13-6-21-4-11-24(12-5-21)34(31,32)29-16-18-33-19-17-29/h4-5,7-12H,1-3,6,13-20H2,(H,28,30). The Morgan fingerprint density at radius 3 is 2.26 bits per heavy atom. The lowest BCUT2D eigenvalue weighted by atomic mass is 9.69. The molecule has 2 aliphatic rings. The molecule has 2 fully saturated rings. The van der Waals surface area contributed by atoms with Gasteiger partial charge in [0.15, 0.2) is 0 Å². The van der Waals surface area contributed by atoms with Crippen LogP contribution in [0.5, 0.6) is 0 Å². The molecule has 1 heterocycles. The lowest BCUT2D eigenvalue weighted by Crippen LogP contribution is -2.42. The Labute approximate surface area is 201 Å². The van der Waals surface area contributed by atoms with Crippen molar-refractivity contribution in [2.45, 2.75) is 55.3 Å². The maximum Gasteiger partial charge on any atom is 0.243 e. The zero-order valence-corrected chi connectivity index (χ0v) is 20.3. The van der Waals surface area contributed by atoms with Gasteiger partial charge in [-0.25, -0.2) is 12.8 Å². The third kappa shape index (κ3) is 5.85. The van der Waals surface area contributed by atoms with E-state index in [0.29, 0.717) is 45.7 Å². The Balaban J connectivity index is 1.32. The average Bonchev–Trinajstić information content (AvgIpc) is 2.88. The number of morpholine rings is 1. The number of halogens is 1. The first kappa shape index (κ1) is 24.8. The Kier molecular flexibility index (Phi) is 8.01. The first-order valence-electron chi connectivity index (χ1n) is 12.1. The average molecular weight is 489 g/mol. The number of carbonyl (C=O) groups is 1. The van der Waals surface area contributed by atoms with Gasteiger partial charge in [-0.15, -0.1) is 0 Å². The van der Waals surface area contributed by atoms with Crippen LogP contribution < -0.4 is 5.32 Å². The van der Waals surface area contributed by atoms with Gasteiger partial charge in [-0.1, -0.05) is 43.5 Å². The molecule has 6 nitrogen and oxygen atoms in total. The second kappa shape index (κ2) is 11.0. The van der Waals surface area contributed by atoms with Crippen molar-refractivity contribution in [1.29, 1.82) is 0 Å². The molecule has 1 amide bonds. The van der Waals surface area contributed by atoms with Gasteiger partial charge in [0.05, 0.1) is 18.1 Å². The number of nitrogens with zero attached hydrogens (tertiary/aromatic N) is 1. The molecule has 1 aliphatic heterocycles. The molecule has 4 rings (SSSR count). The topological polar surface area (TPSA) is 75.7 Å². The Hall–Kier alpha value is -2.29. The van der Waals surface area contributed by atoms with Gasteiger partial charge in [-0.3, -0.25) is 4.79 Å². The van der Waals surface area contributed by atoms with Crippen LogP contribution in [-0.2, 0) is 31.4 Å². The van der Waals surface area contributed by atoms with E-state index in [0.717, 1.165) is 36.8 Å². The van der Waals surface area contributed by atoms with Crippen molar-refractivity contribution < 1.29 is 22.3 Å². The summed E-state index contributed by atoms with van der Waals surface area (Å²) in [4.78, 5) is 12.9. The summed E-state index contributed by atoms with van der Waals surface area (Å²) in [6.07, 6.45) is 6.23. The molecule has 1 aliphatic carbocycles. The highest BCUT2D eigenvalue weighted by atomic mass is 32.2. The third-order valence-electron chi connectivity index (χ3n) is 7.06. The minimum atomic E-state index is -3.52. The fraction of sp³-hybridized carbons (Fsp3) is 0.500. The molecule has 0 atom stereocenters. The van der Waals surface area contributed by atoms with Crippen molar-refractivity contribution in [3.8, 4) is 0 Å². The SMILES string of the molecule is O=C(CCc1ccc(S(=O)(=O)N2CCOCC2)cc1)NCC1(c2ccc(F)cc2)CCCCC1. The van der Waals surface area contributed by atoms with Gasteiger partial charge >= 0.3 is 0 Å². The van der Waals surface area contributed by atoms with Gasteiger partial charge in [0.25, 0.3) is 0 Å². The van der Waals surface area contributed by atoms with Crippen LogP contribution in [-0.4, -0.2) is 51.5 Å². The first-order valence-corrected chi connectivity index (χ1v) is 13.5. The number of hydrogen-bond acceptors (Lipinski definition) is 4. The number of nitrogens with one attached hydrogen (secondary N) is 1. The van der Waals surface area contributed by atoms with Crippen LogP contribution in [0.15, 0.2) is 53.4 Å². The number of rotatable bonds is 8. The fourth-order valence-electron chi connectivity index (χ4n) is 4.98. The first-order chi connectivity index (χ1) is 16.4. The van der Waals surface area contributed by atoms with E-state index in [1.807, 2.05) is 12.1 Å². The lowest BCUT2D eigenvalue weighted by molar-refractivity contribution is -0.121. The number of ether oxygens (including phenoxy) is 1. The summed E-state index contributed by atoms with van der Waals surface area (Å²) in [5.41, 5.74) is 1.87. The van der Waals surface area contributed by atoms with Crippen molar-refractivity contribution in [1.82, 2.24) is 9.62 Å². The predicted octanol–water partition coefficient (Wildman–Crippen LogP) is 3.80. The van der Waals surface area contributed by atoms with Crippen molar-refractivity contribution in [2.24, 2.45) is 0 Å². The Morgan fingerprint density at radius 1 is 0.971 bits per heavy atom. The molecule has 8 heteroatoms. The molecule has 0 bridgehead atoms. The minimum Gasteiger partial charge on any atom is -0.379 e. The lowest BCUT2D eigenvalue weighted by Gasteiger charge is -2.38. The molecule has 0 spiro atoms. The third-order valence-corrected chi connectivity index (χ3v) is 8.98. The summed E-state index contributed by atoms with van der Waals surface area (Å²) in [6, 6.07) is 13.5. The van der Waals surface area contributed by atoms with E-state index in [4.69, 9.17) is 4.74 Å². The van der Waals surface area contributed by atoms with E-state index in [-0.39, 0.29) is 22.0 Å². The molecule has 1 saturated heterocycles. The van der Waals surface area contributed by atoms with Gasteiger partial charge in [0.1, 0.15) is 5.82 Å². The van der Waals surface area contributed by atoms with Crippen LogP contribution in [0.25, 0.3) is 0 Å². The maximum absolute atomic E-state index is 13.4. The van der Waals surface area contributed by atoms with Crippen molar-refractivity contribution in [3.05, 3.63) is 65.5 Å². The summed E-state index contributed by atoms with van der Waals surface area (Å²) >= 11 is 0. The Morgan fingerprint density at radius 2 is 1.62 bits per heavy atom. The summed E-state index contributed by atoms with van der Waals surface area (Å²) < 4.78 is 45.6. The summed E-state index contributed by atoms with van der Waals surface area (Å²) in [7, 11) is -3.52. The highest BCUT2D eigenvalue weighted by Crippen LogP contribution is 2.39. The molecular weight excluding hydrogens is 455 g/mol. The number of sulfonamides is 1. The number of aryl methyl sites for hydroxylation is 1. The quantitative estimate of drug-likeness (QED) is 0.613. The molecule has 0 unspecified atom stereocenters. The van der Waals surface area contributed by atoms with E-state index in [1.165, 1.54) is 22.9 Å². The molecule has 184 valence electrons. The van der Waals surface area contributed by atoms with Gasteiger partial charge in [0, 0.05) is 31.5 Å². The number of carbonyl (C=O) groups excluding carboxylic acids is 1. The van der Waals surface area contributed by atoms with Crippen LogP contribution in [0.2, 0.25) is 0 Å². The Bertz CT molecular complexity index is 1060. The molecule has 2 aromatic rings. The molecule has 2 aromatic carbocycles. The van der Waals surface area contributed by atoms with Crippen molar-refractivity contribution in [3.63, 3.8) is 0 Å². The highest BCUT2D eigenvalue weighted by molar-refractivity contribution is 7.89. The van der Waals surface area contributed by atoms with Crippen LogP contribution in [0.4, 0.5) is 4.39 Å². The van der Waals surface area contributed by atoms with Crippen LogP contribution in [0, 0.1) is 5.82 Å². The number of hydrogen-bond donors (Lipinski definition) is 1. The second-order valence-electron chi connectivity index (χ2n) is 9.29. The minimum absolute atomic E-state index is 0.0305. The van der Waals surface area contributed by atoms with Crippen LogP contribution >= 0.6 is 0 Å². The van der Waals surface area contributed by atoms with Crippen LogP contribution in [0.1, 0.15) is 49.7 Å². The monoisotopic (exact) mass is 488 g/mol. The van der Waals surface area contributed by atoms with Crippen molar-refractivity contribution in [2.75, 3.05) is 32.8 Å². The zero-order chi connectivity index (χ0) is 24.0. The van der Waals surface area contributed by atoms with E-state index in [2.05, 4.69) is 5.32 Å². The number of amides is 1. The second-order valence-corrected chi connectivity index (χ2v) is 11.2. The summed E-state index contributed by atoms with van der Waals surface area (Å²) in [5.74, 6) is -0.278. The van der Waals surface area contributed by atoms with E-state index >= 15 is 0 Å². The summed E-state index contributed by atoms with van der Waals surface area (Å²) in [5, 5.41) is 3.11. The van der Waals surface area contributed by atoms with Gasteiger partial charge < -0.3 is 10.1 Å². The van der Waals surface area contributed by atoms with Gasteiger partial charge in [0.2, 0.25) is 15.9 Å². The van der Waals surface area contributed by atoms with Gasteiger partial charge in [-0.2, -0.15) is 4.31 Å². The maximum atomic E-state index is 13.4. The normalized spacial score (nSPS) is 19.0. The molecule has 1 saturated carbocycles. The molecule has 1 N–H and O–H groups in total. The summed E-state index contributed by atoms with van der Waals surface area (Å²) in [6.45, 7) is 2.10. The highest BCUT2D eigenvalue weighted by Gasteiger charge is 2.34. The van der Waals surface area contributed by atoms with Crippen molar-refractivity contribution >= 4 is 15.9 Å². The molecule has 0 aromatic heterocycles. The number of benzene rings is 2. The van der Waals surface area contributed by atoms with Gasteiger partial charge in [-0.05, 0) is 54.7 Å². The van der Waals surface area contributed by atoms with E-state index < -0.39 is 10.0 Å². The predicted molar refractivity (Wildman–Crippen MR) is 129 cm³/mol. The van der Waals surface area contributed by atoms with E-state index in [9.17, 15) is 17.6 Å². The fourth-order valence-corrected chi connectivity index (χ4v) is 6.39. The zero-order valence-electron chi connectivity index (χ0n) is 19.5. The molecule has 0 radical (unpaired) electrons. The molecular formula is C26H33FN2O4S. The van der Waals surface area contributed by atoms with Crippen LogP contribution in [0.3, 0.4) is 0 Å².